The summed E-state index contributed by atoms with van der Waals surface area (Å²) in [7, 11) is 0. The number of fused-ring (bicyclic) bond motifs is 3. The summed E-state index contributed by atoms with van der Waals surface area (Å²) >= 11 is 0. The van der Waals surface area contributed by atoms with Gasteiger partial charge in [-0.05, 0) is 85.0 Å². The van der Waals surface area contributed by atoms with Gasteiger partial charge in [0.05, 0.1) is 5.69 Å². The van der Waals surface area contributed by atoms with Gasteiger partial charge in [0, 0.05) is 34.5 Å². The van der Waals surface area contributed by atoms with Crippen molar-refractivity contribution in [1.29, 1.82) is 0 Å². The minimum absolute atomic E-state index is 0. The van der Waals surface area contributed by atoms with Crippen molar-refractivity contribution in [1.82, 2.24) is 19.3 Å². The molecule has 0 unspecified atom stereocenters. The molecule has 244 valence electrons. The van der Waals surface area contributed by atoms with E-state index in [0.29, 0.717) is 11.5 Å². The van der Waals surface area contributed by atoms with Crippen molar-refractivity contribution in [3.8, 4) is 34.1 Å². The second-order valence-corrected chi connectivity index (χ2v) is 13.7. The third-order valence-electron chi connectivity index (χ3n) is 8.68. The van der Waals surface area contributed by atoms with Crippen LogP contribution < -0.4 is 4.74 Å². The average Bonchev–Trinajstić information content (AvgIpc) is 3.52. The van der Waals surface area contributed by atoms with Crippen molar-refractivity contribution in [3.63, 3.8) is 0 Å². The van der Waals surface area contributed by atoms with Gasteiger partial charge in [-0.3, -0.25) is 4.68 Å². The fraction of sp³-hybridized carbons (Fsp3) is 0.238. The largest absolute Gasteiger partial charge is 2.00 e. The van der Waals surface area contributed by atoms with E-state index in [2.05, 4.69) is 132 Å². The van der Waals surface area contributed by atoms with Gasteiger partial charge in [-0.1, -0.05) is 75.7 Å². The number of aromatic nitrogens is 4. The minimum Gasteiger partial charge on any atom is -0.509 e. The van der Waals surface area contributed by atoms with Crippen molar-refractivity contribution in [3.05, 3.63) is 131 Å². The molecule has 0 aliphatic rings. The molecule has 6 heteroatoms. The number of rotatable bonds is 7. The summed E-state index contributed by atoms with van der Waals surface area (Å²) in [5.74, 6) is 2.12. The van der Waals surface area contributed by atoms with Crippen molar-refractivity contribution in [2.75, 3.05) is 0 Å². The SMILES string of the molecule is CCc1ccc2c(c1)c1ccc(Oc3[c-]c(-n4nc(C)c(-c5ccccc5)c4C)cc(CC(C)(C)C)c3)[c-]c1n2-c1cc(C)ccn1.[Pt+2]. The van der Waals surface area contributed by atoms with E-state index < -0.39 is 0 Å². The fourth-order valence-corrected chi connectivity index (χ4v) is 6.62. The first-order valence-corrected chi connectivity index (χ1v) is 16.4. The average molecular weight is 812 g/mol. The Bertz CT molecular complexity index is 2260. The Kier molecular flexibility index (Phi) is 9.20. The monoisotopic (exact) mass is 811 g/mol. The summed E-state index contributed by atoms with van der Waals surface area (Å²) in [6.45, 7) is 15.2. The normalized spacial score (nSPS) is 11.6. The number of hydrogen-bond donors (Lipinski definition) is 0. The topological polar surface area (TPSA) is 44.9 Å². The number of pyridine rings is 1. The standard InChI is InChI=1S/C42H40N4O.Pt/c1-8-30-14-17-38-37(23-30)36-16-15-34(25-39(36)45(38)40-20-27(2)18-19-43-40)47-35-22-31(26-42(5,6)7)21-33(24-35)46-29(4)41(28(3)44-46)32-12-10-9-11-13-32;/h9-23H,8,26H2,1-7H3;/q-2;+2. The quantitative estimate of drug-likeness (QED) is 0.151. The van der Waals surface area contributed by atoms with Crippen LogP contribution in [0, 0.1) is 38.3 Å². The van der Waals surface area contributed by atoms with Crippen LogP contribution in [0.1, 0.15) is 55.8 Å². The predicted octanol–water partition coefficient (Wildman–Crippen LogP) is 10.5. The zero-order valence-corrected chi connectivity index (χ0v) is 30.9. The van der Waals surface area contributed by atoms with Gasteiger partial charge in [-0.25, -0.2) is 4.98 Å². The molecule has 0 fully saturated rings. The van der Waals surface area contributed by atoms with Gasteiger partial charge >= 0.3 is 21.1 Å². The Labute approximate surface area is 297 Å². The molecule has 5 nitrogen and oxygen atoms in total. The van der Waals surface area contributed by atoms with Crippen LogP contribution in [0.2, 0.25) is 0 Å². The zero-order valence-electron chi connectivity index (χ0n) is 28.6. The molecule has 0 atom stereocenters. The van der Waals surface area contributed by atoms with E-state index in [1.54, 1.807) is 0 Å². The Morgan fingerprint density at radius 3 is 2.31 bits per heavy atom. The Morgan fingerprint density at radius 1 is 0.792 bits per heavy atom. The van der Waals surface area contributed by atoms with Crippen molar-refractivity contribution in [2.24, 2.45) is 5.41 Å². The maximum absolute atomic E-state index is 6.63. The van der Waals surface area contributed by atoms with Crippen LogP contribution >= 0.6 is 0 Å². The molecular formula is C42H40N4OPt. The van der Waals surface area contributed by atoms with Crippen molar-refractivity contribution >= 4 is 21.8 Å². The molecule has 0 spiro atoms. The summed E-state index contributed by atoms with van der Waals surface area (Å²) in [5.41, 5.74) is 10.9. The molecule has 3 heterocycles. The predicted molar refractivity (Wildman–Crippen MR) is 192 cm³/mol. The van der Waals surface area contributed by atoms with Crippen LogP contribution in [0.4, 0.5) is 0 Å². The van der Waals surface area contributed by atoms with Crippen LogP contribution in [0.5, 0.6) is 11.5 Å². The molecule has 0 bridgehead atoms. The van der Waals surface area contributed by atoms with Gasteiger partial charge in [-0.2, -0.15) is 16.7 Å². The first-order chi connectivity index (χ1) is 22.6. The molecular weight excluding hydrogens is 772 g/mol. The molecule has 0 radical (unpaired) electrons. The molecule has 4 aromatic carbocycles. The molecule has 7 rings (SSSR count). The summed E-state index contributed by atoms with van der Waals surface area (Å²) in [6, 6.07) is 36.9. The van der Waals surface area contributed by atoms with Gasteiger partial charge in [0.15, 0.2) is 0 Å². The Morgan fingerprint density at radius 2 is 1.58 bits per heavy atom. The molecule has 3 aromatic heterocycles. The van der Waals surface area contributed by atoms with E-state index in [0.717, 1.165) is 68.8 Å². The van der Waals surface area contributed by atoms with Crippen LogP contribution in [0.3, 0.4) is 0 Å². The maximum atomic E-state index is 6.63. The first kappa shape index (κ1) is 33.4. The Balaban J connectivity index is 0.00000401. The minimum atomic E-state index is 0. The molecule has 0 aliphatic carbocycles. The Hall–Kier alpha value is -4.47. The maximum Gasteiger partial charge on any atom is 2.00 e. The van der Waals surface area contributed by atoms with E-state index in [4.69, 9.17) is 14.8 Å². The summed E-state index contributed by atoms with van der Waals surface area (Å²) in [5, 5.41) is 7.29. The van der Waals surface area contributed by atoms with Gasteiger partial charge < -0.3 is 9.30 Å². The van der Waals surface area contributed by atoms with Gasteiger partial charge in [0.2, 0.25) is 0 Å². The molecule has 7 aromatic rings. The van der Waals surface area contributed by atoms with Crippen molar-refractivity contribution < 1.29 is 25.8 Å². The van der Waals surface area contributed by atoms with Gasteiger partial charge in [0.25, 0.3) is 0 Å². The van der Waals surface area contributed by atoms with Crippen LogP contribution in [0.15, 0.2) is 91.1 Å². The number of ether oxygens (including phenoxy) is 1. The summed E-state index contributed by atoms with van der Waals surface area (Å²) in [4.78, 5) is 4.75. The third-order valence-corrected chi connectivity index (χ3v) is 8.68. The van der Waals surface area contributed by atoms with Gasteiger partial charge in [0.1, 0.15) is 5.82 Å². The number of aryl methyl sites for hydroxylation is 3. The number of benzene rings is 4. The van der Waals surface area contributed by atoms with Crippen LogP contribution in [-0.4, -0.2) is 19.3 Å². The van der Waals surface area contributed by atoms with E-state index in [-0.39, 0.29) is 26.5 Å². The fourth-order valence-electron chi connectivity index (χ4n) is 6.62. The molecule has 48 heavy (non-hydrogen) atoms. The van der Waals surface area contributed by atoms with Crippen LogP contribution in [0.25, 0.3) is 44.4 Å². The molecule has 0 N–H and O–H groups in total. The molecule has 0 saturated heterocycles. The third kappa shape index (κ3) is 6.49. The van der Waals surface area contributed by atoms with E-state index in [1.807, 2.05) is 29.1 Å². The molecule has 0 aliphatic heterocycles. The molecule has 0 saturated carbocycles. The van der Waals surface area contributed by atoms with Crippen LogP contribution in [-0.2, 0) is 33.9 Å². The zero-order chi connectivity index (χ0) is 32.9. The second kappa shape index (κ2) is 13.2. The van der Waals surface area contributed by atoms with Gasteiger partial charge in [-0.15, -0.1) is 35.7 Å². The number of nitrogens with zero attached hydrogens (tertiary/aromatic N) is 4. The second-order valence-electron chi connectivity index (χ2n) is 13.7. The first-order valence-electron chi connectivity index (χ1n) is 16.4. The smallest absolute Gasteiger partial charge is 0.509 e. The molecule has 0 amide bonds. The van der Waals surface area contributed by atoms with E-state index in [9.17, 15) is 0 Å². The van der Waals surface area contributed by atoms with Crippen molar-refractivity contribution in [2.45, 2.75) is 61.3 Å². The van der Waals surface area contributed by atoms with E-state index in [1.165, 1.54) is 16.5 Å². The van der Waals surface area contributed by atoms with E-state index >= 15 is 0 Å². The summed E-state index contributed by atoms with van der Waals surface area (Å²) < 4.78 is 10.8. The number of hydrogen-bond acceptors (Lipinski definition) is 3. The summed E-state index contributed by atoms with van der Waals surface area (Å²) in [6.07, 6.45) is 3.72.